The molecule has 0 N–H and O–H groups in total. The number of benzene rings is 1. The van der Waals surface area contributed by atoms with E-state index in [1.54, 1.807) is 12.5 Å². The van der Waals surface area contributed by atoms with Gasteiger partial charge < -0.3 is 4.74 Å². The number of ether oxygens (including phenoxy) is 1. The molecular weight excluding hydrogens is 408 g/mol. The lowest BCUT2D eigenvalue weighted by molar-refractivity contribution is -0.114. The number of carbonyl (C=O) groups excluding carboxylic acids is 2. The third-order valence-corrected chi connectivity index (χ3v) is 9.90. The molecule has 1 aromatic rings. The van der Waals surface area contributed by atoms with E-state index in [9.17, 15) is 9.59 Å². The number of hydrogen-bond donors (Lipinski definition) is 0. The first-order valence-electron chi connectivity index (χ1n) is 12.7. The summed E-state index contributed by atoms with van der Waals surface area (Å²) in [5.74, 6) is 1.83. The summed E-state index contributed by atoms with van der Waals surface area (Å²) in [7, 11) is 0. The number of hydrogen-bond acceptors (Lipinski definition) is 3. The summed E-state index contributed by atoms with van der Waals surface area (Å²) < 4.78 is 6.61. The van der Waals surface area contributed by atoms with Crippen LogP contribution in [0.25, 0.3) is 0 Å². The predicted molar refractivity (Wildman–Crippen MR) is 129 cm³/mol. The Labute approximate surface area is 197 Å². The minimum absolute atomic E-state index is 0.0604. The lowest BCUT2D eigenvalue weighted by Gasteiger charge is -2.55. The van der Waals surface area contributed by atoms with E-state index in [0.29, 0.717) is 24.2 Å². The molecule has 3 heteroatoms. The topological polar surface area (TPSA) is 43.4 Å². The average molecular weight is 443 g/mol. The van der Waals surface area contributed by atoms with Crippen LogP contribution >= 0.6 is 0 Å². The van der Waals surface area contributed by atoms with E-state index in [4.69, 9.17) is 4.74 Å². The minimum atomic E-state index is -0.190. The molecule has 3 nitrogen and oxygen atoms in total. The first kappa shape index (κ1) is 21.3. The lowest BCUT2D eigenvalue weighted by Crippen LogP contribution is -2.52. The maximum Gasteiger partial charge on any atom is 0.159 e. The molecule has 172 valence electrons. The van der Waals surface area contributed by atoms with E-state index in [2.05, 4.69) is 25.6 Å². The van der Waals surface area contributed by atoms with Gasteiger partial charge in [-0.15, -0.1) is 0 Å². The van der Waals surface area contributed by atoms with Gasteiger partial charge >= 0.3 is 0 Å². The number of carbonyl (C=O) groups is 2. The van der Waals surface area contributed by atoms with Gasteiger partial charge in [0.1, 0.15) is 0 Å². The van der Waals surface area contributed by atoms with E-state index in [1.807, 2.05) is 18.2 Å². The molecule has 4 aliphatic carbocycles. The van der Waals surface area contributed by atoms with Crippen LogP contribution in [0.3, 0.4) is 0 Å². The van der Waals surface area contributed by atoms with Crippen LogP contribution < -0.4 is 0 Å². The first-order valence-corrected chi connectivity index (χ1v) is 12.7. The van der Waals surface area contributed by atoms with E-state index in [-0.39, 0.29) is 22.6 Å². The van der Waals surface area contributed by atoms with Crippen LogP contribution in [-0.2, 0) is 9.53 Å². The Morgan fingerprint density at radius 3 is 2.58 bits per heavy atom. The third-order valence-electron chi connectivity index (χ3n) is 9.90. The number of allylic oxidation sites excluding steroid dienone is 4. The highest BCUT2D eigenvalue weighted by molar-refractivity contribution is 5.94. The highest BCUT2D eigenvalue weighted by Gasteiger charge is 2.65. The van der Waals surface area contributed by atoms with Crippen molar-refractivity contribution in [1.82, 2.24) is 0 Å². The van der Waals surface area contributed by atoms with Crippen LogP contribution in [0.1, 0.15) is 87.1 Å². The molecular formula is C30H34O3. The summed E-state index contributed by atoms with van der Waals surface area (Å²) >= 11 is 0. The van der Waals surface area contributed by atoms with Gasteiger partial charge in [-0.25, -0.2) is 0 Å². The Hall–Kier alpha value is -2.26. The van der Waals surface area contributed by atoms with Crippen LogP contribution in [-0.4, -0.2) is 23.8 Å². The third kappa shape index (κ3) is 2.91. The molecule has 0 radical (unpaired) electrons. The molecule has 0 aromatic heterocycles. The molecule has 2 unspecified atom stereocenters. The van der Waals surface area contributed by atoms with Gasteiger partial charge in [-0.05, 0) is 92.1 Å². The second kappa shape index (κ2) is 7.37. The molecule has 1 heterocycles. The number of fused-ring (bicyclic) bond motifs is 5. The molecule has 1 spiro atoms. The SMILES string of the molecule is C=C1CCO[C@]12CCC1C3CCC4=CC(=O)CCC4=C3[C@@H](c3ccc(C(C)=O)cc3)C[C@@]12C. The zero-order valence-electron chi connectivity index (χ0n) is 19.9. The summed E-state index contributed by atoms with van der Waals surface area (Å²) in [6, 6.07) is 8.33. The van der Waals surface area contributed by atoms with Crippen LogP contribution in [0.15, 0.2) is 59.2 Å². The molecule has 5 atom stereocenters. The molecule has 6 rings (SSSR count). The molecule has 2 saturated carbocycles. The van der Waals surface area contributed by atoms with Gasteiger partial charge in [0.25, 0.3) is 0 Å². The summed E-state index contributed by atoms with van der Waals surface area (Å²) in [5, 5.41) is 0. The highest BCUT2D eigenvalue weighted by atomic mass is 16.5. The van der Waals surface area contributed by atoms with Crippen LogP contribution in [0.5, 0.6) is 0 Å². The van der Waals surface area contributed by atoms with E-state index in [1.165, 1.54) is 28.7 Å². The van der Waals surface area contributed by atoms with Crippen molar-refractivity contribution < 1.29 is 14.3 Å². The van der Waals surface area contributed by atoms with E-state index < -0.39 is 0 Å². The largest absolute Gasteiger partial charge is 0.370 e. The molecule has 0 bridgehead atoms. The molecule has 1 saturated heterocycles. The van der Waals surface area contributed by atoms with Crippen molar-refractivity contribution in [3.8, 4) is 0 Å². The van der Waals surface area contributed by atoms with Crippen molar-refractivity contribution in [2.75, 3.05) is 6.61 Å². The second-order valence-electron chi connectivity index (χ2n) is 11.2. The van der Waals surface area contributed by atoms with Gasteiger partial charge in [0, 0.05) is 23.3 Å². The number of rotatable bonds is 2. The zero-order valence-corrected chi connectivity index (χ0v) is 19.9. The standard InChI is InChI=1S/C30H34O3/c1-18-13-15-33-30(18)14-12-27-25-10-8-22-16-23(32)9-11-24(22)28(25)26(17-29(27,30)3)21-6-4-20(5-7-21)19(2)31/h4-7,16,25-27H,1,8-15,17H2,2-3H3/t25?,26-,27?,29+,30-/m1/s1. The van der Waals surface area contributed by atoms with Crippen molar-refractivity contribution in [3.05, 3.63) is 70.3 Å². The molecule has 1 aliphatic heterocycles. The van der Waals surface area contributed by atoms with Crippen molar-refractivity contribution in [2.24, 2.45) is 17.3 Å². The zero-order chi connectivity index (χ0) is 23.0. The van der Waals surface area contributed by atoms with Crippen LogP contribution in [0.4, 0.5) is 0 Å². The van der Waals surface area contributed by atoms with Crippen LogP contribution in [0, 0.1) is 17.3 Å². The minimum Gasteiger partial charge on any atom is -0.370 e. The van der Waals surface area contributed by atoms with Gasteiger partial charge in [-0.2, -0.15) is 0 Å². The Morgan fingerprint density at radius 2 is 1.88 bits per heavy atom. The van der Waals surface area contributed by atoms with Crippen molar-refractivity contribution in [2.45, 2.75) is 76.7 Å². The smallest absolute Gasteiger partial charge is 0.159 e. The summed E-state index contributed by atoms with van der Waals surface area (Å²) in [6.45, 7) is 9.42. The van der Waals surface area contributed by atoms with Gasteiger partial charge in [0.15, 0.2) is 11.6 Å². The lowest BCUT2D eigenvalue weighted by atomic mass is 9.50. The summed E-state index contributed by atoms with van der Waals surface area (Å²) in [4.78, 5) is 24.1. The van der Waals surface area contributed by atoms with Gasteiger partial charge in [-0.1, -0.05) is 43.3 Å². The normalized spacial score (nSPS) is 37.6. The van der Waals surface area contributed by atoms with Crippen molar-refractivity contribution in [3.63, 3.8) is 0 Å². The Morgan fingerprint density at radius 1 is 1.09 bits per heavy atom. The van der Waals surface area contributed by atoms with Gasteiger partial charge in [0.05, 0.1) is 12.2 Å². The Balaban J connectivity index is 1.52. The van der Waals surface area contributed by atoms with Crippen molar-refractivity contribution >= 4 is 11.6 Å². The molecule has 5 aliphatic rings. The quantitative estimate of drug-likeness (QED) is 0.388. The van der Waals surface area contributed by atoms with E-state index in [0.717, 1.165) is 50.7 Å². The molecule has 1 aromatic carbocycles. The van der Waals surface area contributed by atoms with Gasteiger partial charge in [-0.3, -0.25) is 9.59 Å². The van der Waals surface area contributed by atoms with E-state index >= 15 is 0 Å². The van der Waals surface area contributed by atoms with Crippen LogP contribution in [0.2, 0.25) is 0 Å². The Kier molecular flexibility index (Phi) is 4.75. The predicted octanol–water partition coefficient (Wildman–Crippen LogP) is 6.50. The highest BCUT2D eigenvalue weighted by Crippen LogP contribution is 2.70. The van der Waals surface area contributed by atoms with Gasteiger partial charge in [0.2, 0.25) is 0 Å². The monoisotopic (exact) mass is 442 g/mol. The number of Topliss-reactive ketones (excluding diaryl/α,β-unsaturated/α-hetero) is 1. The number of ketones is 2. The fourth-order valence-electron chi connectivity index (χ4n) is 8.37. The molecule has 33 heavy (non-hydrogen) atoms. The second-order valence-corrected chi connectivity index (χ2v) is 11.2. The molecule has 0 amide bonds. The summed E-state index contributed by atoms with van der Waals surface area (Å²) in [5.41, 5.74) is 7.60. The van der Waals surface area contributed by atoms with Crippen molar-refractivity contribution in [1.29, 1.82) is 0 Å². The first-order chi connectivity index (χ1) is 15.8. The summed E-state index contributed by atoms with van der Waals surface area (Å²) in [6.07, 6.45) is 9.92. The average Bonchev–Trinajstić information content (AvgIpc) is 3.33. The molecule has 3 fully saturated rings. The maximum atomic E-state index is 12.2. The fourth-order valence-corrected chi connectivity index (χ4v) is 8.37. The maximum absolute atomic E-state index is 12.2. The fraction of sp³-hybridized carbons (Fsp3) is 0.533. The Bertz CT molecular complexity index is 1120.